The summed E-state index contributed by atoms with van der Waals surface area (Å²) in [5.74, 6) is 0.0588. The van der Waals surface area contributed by atoms with E-state index in [0.717, 1.165) is 5.56 Å². The van der Waals surface area contributed by atoms with Gasteiger partial charge in [-0.2, -0.15) is 0 Å². The minimum Gasteiger partial charge on any atom is -0.368 e. The molecule has 0 radical (unpaired) electrons. The molecule has 0 atom stereocenters. The Kier molecular flexibility index (Phi) is 6.31. The normalized spacial score (nSPS) is 11.6. The Morgan fingerprint density at radius 2 is 1.84 bits per heavy atom. The molecule has 0 N–H and O–H groups in total. The van der Waals surface area contributed by atoms with Gasteiger partial charge in [-0.15, -0.1) is 0 Å². The summed E-state index contributed by atoms with van der Waals surface area (Å²) >= 11 is 12.0. The topological polar surface area (TPSA) is 26.3 Å². The number of ketones is 1. The summed E-state index contributed by atoms with van der Waals surface area (Å²) in [4.78, 5) is 12.5. The van der Waals surface area contributed by atoms with Gasteiger partial charge < -0.3 is 4.74 Å². The zero-order valence-electron chi connectivity index (χ0n) is 11.6. The maximum absolute atomic E-state index is 12.5. The number of benzene rings is 1. The number of Topliss-reactive ketones (excluding diaryl/α,β-unsaturated/α-hetero) is 1. The predicted molar refractivity (Wildman–Crippen MR) is 80.1 cm³/mol. The molecule has 0 aliphatic heterocycles. The highest BCUT2D eigenvalue weighted by molar-refractivity contribution is 6.33. The molecule has 0 fully saturated rings. The average Bonchev–Trinajstić information content (AvgIpc) is 2.40. The Morgan fingerprint density at radius 1 is 1.21 bits per heavy atom. The lowest BCUT2D eigenvalue weighted by Gasteiger charge is -2.30. The molecule has 0 amide bonds. The maximum Gasteiger partial charge on any atom is 0.169 e. The van der Waals surface area contributed by atoms with Crippen molar-refractivity contribution in [1.82, 2.24) is 0 Å². The van der Waals surface area contributed by atoms with Gasteiger partial charge in [-0.25, -0.2) is 0 Å². The van der Waals surface area contributed by atoms with Crippen molar-refractivity contribution in [1.29, 1.82) is 0 Å². The van der Waals surface area contributed by atoms with Crippen LogP contribution in [0.5, 0.6) is 0 Å². The monoisotopic (exact) mass is 302 g/mol. The number of hydrogen-bond donors (Lipinski definition) is 0. The Labute approximate surface area is 125 Å². The van der Waals surface area contributed by atoms with E-state index < -0.39 is 5.60 Å². The minimum absolute atomic E-state index is 0.0588. The van der Waals surface area contributed by atoms with Gasteiger partial charge in [0.25, 0.3) is 0 Å². The van der Waals surface area contributed by atoms with E-state index in [9.17, 15) is 4.79 Å². The van der Waals surface area contributed by atoms with Crippen molar-refractivity contribution in [2.24, 2.45) is 0 Å². The SMILES string of the molecule is CCOC(CC)(CC)C(=O)Cc1cc(Cl)ccc1Cl. The van der Waals surface area contributed by atoms with Crippen LogP contribution in [-0.4, -0.2) is 18.0 Å². The maximum atomic E-state index is 12.5. The van der Waals surface area contributed by atoms with Gasteiger partial charge in [0.15, 0.2) is 5.78 Å². The largest absolute Gasteiger partial charge is 0.368 e. The fourth-order valence-corrected chi connectivity index (χ4v) is 2.60. The molecule has 0 bridgehead atoms. The van der Waals surface area contributed by atoms with Crippen molar-refractivity contribution >= 4 is 29.0 Å². The van der Waals surface area contributed by atoms with E-state index in [-0.39, 0.29) is 12.2 Å². The Balaban J connectivity index is 2.96. The van der Waals surface area contributed by atoms with Crippen LogP contribution in [0.25, 0.3) is 0 Å². The average molecular weight is 303 g/mol. The molecule has 0 aromatic heterocycles. The van der Waals surface area contributed by atoms with E-state index >= 15 is 0 Å². The summed E-state index contributed by atoms with van der Waals surface area (Å²) in [6.45, 7) is 6.36. The standard InChI is InChI=1S/C15H20Cl2O2/c1-4-15(5-2,19-6-3)14(18)10-11-9-12(16)7-8-13(11)17/h7-9H,4-6,10H2,1-3H3. The van der Waals surface area contributed by atoms with Crippen molar-refractivity contribution in [3.05, 3.63) is 33.8 Å². The van der Waals surface area contributed by atoms with Crippen LogP contribution in [0.15, 0.2) is 18.2 Å². The summed E-state index contributed by atoms with van der Waals surface area (Å²) in [7, 11) is 0. The lowest BCUT2D eigenvalue weighted by molar-refractivity contribution is -0.144. The molecule has 0 heterocycles. The highest BCUT2D eigenvalue weighted by Gasteiger charge is 2.35. The van der Waals surface area contributed by atoms with E-state index in [1.54, 1.807) is 18.2 Å². The lowest BCUT2D eigenvalue weighted by atomic mass is 9.88. The second kappa shape index (κ2) is 7.28. The molecule has 1 rings (SSSR count). The molecule has 1 aromatic rings. The quantitative estimate of drug-likeness (QED) is 0.730. The first-order valence-corrected chi connectivity index (χ1v) is 7.35. The molecule has 19 heavy (non-hydrogen) atoms. The highest BCUT2D eigenvalue weighted by Crippen LogP contribution is 2.27. The number of hydrogen-bond acceptors (Lipinski definition) is 2. The molecule has 4 heteroatoms. The first-order chi connectivity index (χ1) is 8.99. The van der Waals surface area contributed by atoms with E-state index in [0.29, 0.717) is 29.5 Å². The Bertz CT molecular complexity index is 440. The van der Waals surface area contributed by atoms with E-state index in [4.69, 9.17) is 27.9 Å². The van der Waals surface area contributed by atoms with Gasteiger partial charge in [-0.1, -0.05) is 37.0 Å². The van der Waals surface area contributed by atoms with Crippen molar-refractivity contribution in [3.63, 3.8) is 0 Å². The van der Waals surface area contributed by atoms with Crippen molar-refractivity contribution in [2.45, 2.75) is 45.6 Å². The molecule has 0 aliphatic rings. The van der Waals surface area contributed by atoms with Gasteiger partial charge in [0, 0.05) is 23.1 Å². The van der Waals surface area contributed by atoms with E-state index in [1.807, 2.05) is 20.8 Å². The minimum atomic E-state index is -0.708. The number of carbonyl (C=O) groups excluding carboxylic acids is 1. The molecular weight excluding hydrogens is 283 g/mol. The molecular formula is C15H20Cl2O2. The van der Waals surface area contributed by atoms with Gasteiger partial charge in [0.2, 0.25) is 0 Å². The summed E-state index contributed by atoms with van der Waals surface area (Å²) in [5, 5.41) is 1.15. The fraction of sp³-hybridized carbons (Fsp3) is 0.533. The zero-order valence-corrected chi connectivity index (χ0v) is 13.1. The van der Waals surface area contributed by atoms with Gasteiger partial charge >= 0.3 is 0 Å². The van der Waals surface area contributed by atoms with Crippen LogP contribution >= 0.6 is 23.2 Å². The van der Waals surface area contributed by atoms with Gasteiger partial charge in [-0.05, 0) is 43.5 Å². The van der Waals surface area contributed by atoms with Gasteiger partial charge in [0.1, 0.15) is 5.60 Å². The summed E-state index contributed by atoms with van der Waals surface area (Å²) in [6.07, 6.45) is 1.57. The first kappa shape index (κ1) is 16.5. The lowest BCUT2D eigenvalue weighted by Crippen LogP contribution is -2.41. The van der Waals surface area contributed by atoms with E-state index in [2.05, 4.69) is 0 Å². The molecule has 0 aliphatic carbocycles. The second-order valence-electron chi connectivity index (χ2n) is 4.47. The molecule has 0 saturated carbocycles. The van der Waals surface area contributed by atoms with Crippen LogP contribution in [0.2, 0.25) is 10.0 Å². The molecule has 0 unspecified atom stereocenters. The number of rotatable bonds is 7. The fourth-order valence-electron chi connectivity index (χ4n) is 2.22. The van der Waals surface area contributed by atoms with Crippen LogP contribution in [0.3, 0.4) is 0 Å². The Hall–Kier alpha value is -0.570. The van der Waals surface area contributed by atoms with Crippen LogP contribution in [0, 0.1) is 0 Å². The molecule has 2 nitrogen and oxygen atoms in total. The van der Waals surface area contributed by atoms with Crippen LogP contribution in [-0.2, 0) is 16.0 Å². The smallest absolute Gasteiger partial charge is 0.169 e. The molecule has 0 saturated heterocycles. The number of carbonyl (C=O) groups is 1. The predicted octanol–water partition coefficient (Wildman–Crippen LogP) is 4.70. The van der Waals surface area contributed by atoms with Crippen LogP contribution in [0.1, 0.15) is 39.2 Å². The molecule has 1 aromatic carbocycles. The third-order valence-corrected chi connectivity index (χ3v) is 4.03. The van der Waals surface area contributed by atoms with E-state index in [1.165, 1.54) is 0 Å². The molecule has 106 valence electrons. The number of halogens is 2. The van der Waals surface area contributed by atoms with Crippen molar-refractivity contribution < 1.29 is 9.53 Å². The van der Waals surface area contributed by atoms with Gasteiger partial charge in [-0.3, -0.25) is 4.79 Å². The van der Waals surface area contributed by atoms with Crippen molar-refractivity contribution in [2.75, 3.05) is 6.61 Å². The first-order valence-electron chi connectivity index (χ1n) is 6.60. The Morgan fingerprint density at radius 3 is 2.37 bits per heavy atom. The molecule has 0 spiro atoms. The highest BCUT2D eigenvalue weighted by atomic mass is 35.5. The second-order valence-corrected chi connectivity index (χ2v) is 5.31. The zero-order chi connectivity index (χ0) is 14.5. The van der Waals surface area contributed by atoms with Crippen molar-refractivity contribution in [3.8, 4) is 0 Å². The summed E-state index contributed by atoms with van der Waals surface area (Å²) in [6, 6.07) is 5.17. The van der Waals surface area contributed by atoms with Gasteiger partial charge in [0.05, 0.1) is 0 Å². The third-order valence-electron chi connectivity index (χ3n) is 3.43. The summed E-state index contributed by atoms with van der Waals surface area (Å²) in [5.41, 5.74) is 0.0468. The van der Waals surface area contributed by atoms with Crippen LogP contribution < -0.4 is 0 Å². The summed E-state index contributed by atoms with van der Waals surface area (Å²) < 4.78 is 5.71. The third kappa shape index (κ3) is 3.95. The van der Waals surface area contributed by atoms with Crippen LogP contribution in [0.4, 0.5) is 0 Å². The number of ether oxygens (including phenoxy) is 1.